The third-order valence-electron chi connectivity index (χ3n) is 16.2. The molecule has 1 heterocycles. The molecule has 0 aliphatic rings. The average molecular weight is 1080 g/mol. The molecule has 6 N–H and O–H groups in total. The first kappa shape index (κ1) is 70.6. The Balaban J connectivity index is 2.22. The Morgan fingerprint density at radius 1 is 0.442 bits per heavy atom. The van der Waals surface area contributed by atoms with Crippen LogP contribution in [-0.2, 0) is 16.0 Å². The maximum atomic E-state index is 14.6. The molecule has 0 aliphatic carbocycles. The molecule has 0 saturated carbocycles. The number of carboxylic acids is 1. The molecule has 77 heavy (non-hydrogen) atoms. The van der Waals surface area contributed by atoms with E-state index in [4.69, 9.17) is 0 Å². The SMILES string of the molecule is CCCCCCCCCCC(O)CN(CCCC(=O)N(CCCN(CC(O)CCCCCCCCCC)CC(O)CCCCCCCCCC)[C@@H](Cc1c[nH]c2ccccc12)C(=O)O)CC(O)CCCCCCCCCC. The highest BCUT2D eigenvalue weighted by Gasteiger charge is 2.31. The van der Waals surface area contributed by atoms with Gasteiger partial charge in [0.15, 0.2) is 0 Å². The summed E-state index contributed by atoms with van der Waals surface area (Å²) < 4.78 is 0. The van der Waals surface area contributed by atoms with E-state index in [1.165, 1.54) is 154 Å². The summed E-state index contributed by atoms with van der Waals surface area (Å²) in [5, 5.41) is 57.2. The molecule has 11 heteroatoms. The quantitative estimate of drug-likeness (QED) is 0.0354. The predicted octanol–water partition coefficient (Wildman–Crippen LogP) is 15.3. The van der Waals surface area contributed by atoms with Crippen LogP contribution in [0.15, 0.2) is 30.5 Å². The minimum Gasteiger partial charge on any atom is -0.480 e. The third-order valence-corrected chi connectivity index (χ3v) is 16.2. The van der Waals surface area contributed by atoms with Crippen molar-refractivity contribution < 1.29 is 35.1 Å². The number of aromatic nitrogens is 1. The first-order valence-corrected chi connectivity index (χ1v) is 32.8. The molecule has 11 nitrogen and oxygen atoms in total. The standard InChI is InChI=1S/C66H122N4O7/c1-5-9-13-17-21-25-29-33-41-58(71)53-68(54-59(72)42-34-30-26-22-18-14-10-6-2)48-39-47-65(75)70(64(66(76)77)51-57-52-67-63-46-38-37-45-62(57)63)50-40-49-69(55-60(73)43-35-31-27-23-19-15-11-7-3)56-61(74)44-36-32-28-24-20-16-12-8-4/h37-38,45-46,52,58-61,64,67,71-74H,5-36,39-44,47-51,53-56H2,1-4H3,(H,76,77)/t58?,59?,60?,61?,64-/m0/s1. The lowest BCUT2D eigenvalue weighted by molar-refractivity contribution is -0.150. The number of aliphatic hydroxyl groups is 4. The summed E-state index contributed by atoms with van der Waals surface area (Å²) in [7, 11) is 0. The molecule has 5 atom stereocenters. The zero-order chi connectivity index (χ0) is 56.0. The fourth-order valence-electron chi connectivity index (χ4n) is 11.5. The Kier molecular flexibility index (Phi) is 44.2. The van der Waals surface area contributed by atoms with Gasteiger partial charge in [-0.15, -0.1) is 0 Å². The summed E-state index contributed by atoms with van der Waals surface area (Å²) >= 11 is 0. The second-order valence-corrected chi connectivity index (χ2v) is 23.7. The number of H-pyrrole nitrogens is 1. The van der Waals surface area contributed by atoms with Gasteiger partial charge in [-0.3, -0.25) is 14.6 Å². The molecule has 0 bridgehead atoms. The zero-order valence-electron chi connectivity index (χ0n) is 50.4. The fraction of sp³-hybridized carbons (Fsp3) is 0.848. The lowest BCUT2D eigenvalue weighted by Crippen LogP contribution is -2.48. The second kappa shape index (κ2) is 48.2. The molecule has 1 amide bonds. The number of hydrogen-bond donors (Lipinski definition) is 6. The van der Waals surface area contributed by atoms with Crippen LogP contribution in [0.3, 0.4) is 0 Å². The van der Waals surface area contributed by atoms with Crippen molar-refractivity contribution in [3.8, 4) is 0 Å². The molecule has 0 aliphatic heterocycles. The topological polar surface area (TPSA) is 161 Å². The number of unbranched alkanes of at least 4 members (excludes halogenated alkanes) is 28. The van der Waals surface area contributed by atoms with Gasteiger partial charge < -0.3 is 35.4 Å². The highest BCUT2D eigenvalue weighted by atomic mass is 16.4. The van der Waals surface area contributed by atoms with Crippen LogP contribution in [0.25, 0.3) is 10.9 Å². The molecular formula is C66H122N4O7. The lowest BCUT2D eigenvalue weighted by Gasteiger charge is -2.32. The Morgan fingerprint density at radius 2 is 0.779 bits per heavy atom. The van der Waals surface area contributed by atoms with Gasteiger partial charge >= 0.3 is 5.97 Å². The molecule has 0 radical (unpaired) electrons. The first-order valence-electron chi connectivity index (χ1n) is 32.8. The largest absolute Gasteiger partial charge is 0.480 e. The number of carboxylic acid groups (broad SMARTS) is 1. The highest BCUT2D eigenvalue weighted by Crippen LogP contribution is 2.23. The number of nitrogens with one attached hydrogen (secondary N) is 1. The van der Waals surface area contributed by atoms with Gasteiger partial charge in [0.05, 0.1) is 24.4 Å². The number of amides is 1. The van der Waals surface area contributed by atoms with E-state index in [2.05, 4.69) is 42.5 Å². The molecular weight excluding hydrogens is 961 g/mol. The van der Waals surface area contributed by atoms with Crippen molar-refractivity contribution in [1.29, 1.82) is 0 Å². The van der Waals surface area contributed by atoms with Crippen LogP contribution < -0.4 is 0 Å². The van der Waals surface area contributed by atoms with Gasteiger partial charge in [-0.1, -0.05) is 251 Å². The van der Waals surface area contributed by atoms with E-state index in [0.717, 1.165) is 67.8 Å². The molecule has 0 fully saturated rings. The normalized spacial score (nSPS) is 13.9. The monoisotopic (exact) mass is 1080 g/mol. The fourth-order valence-corrected chi connectivity index (χ4v) is 11.5. The number of carbonyl (C=O) groups is 2. The van der Waals surface area contributed by atoms with Crippen LogP contribution in [0.1, 0.15) is 284 Å². The number of nitrogens with zero attached hydrogens (tertiary/aromatic N) is 3. The van der Waals surface area contributed by atoms with E-state index in [-0.39, 0.29) is 25.3 Å². The van der Waals surface area contributed by atoms with Crippen molar-refractivity contribution in [1.82, 2.24) is 19.7 Å². The van der Waals surface area contributed by atoms with Gasteiger partial charge in [0.1, 0.15) is 6.04 Å². The van der Waals surface area contributed by atoms with Crippen molar-refractivity contribution in [3.63, 3.8) is 0 Å². The summed E-state index contributed by atoms with van der Waals surface area (Å²) in [4.78, 5) is 37.2. The number of hydrogen-bond acceptors (Lipinski definition) is 8. The van der Waals surface area contributed by atoms with E-state index in [9.17, 15) is 35.1 Å². The van der Waals surface area contributed by atoms with E-state index < -0.39 is 36.4 Å². The van der Waals surface area contributed by atoms with E-state index >= 15 is 0 Å². The van der Waals surface area contributed by atoms with Gasteiger partial charge in [0.25, 0.3) is 0 Å². The number of fused-ring (bicyclic) bond motifs is 1. The van der Waals surface area contributed by atoms with Gasteiger partial charge in [0.2, 0.25) is 5.91 Å². The number of rotatable bonds is 56. The van der Waals surface area contributed by atoms with Gasteiger partial charge in [-0.2, -0.15) is 0 Å². The summed E-state index contributed by atoms with van der Waals surface area (Å²) in [6.07, 6.45) is 42.3. The smallest absolute Gasteiger partial charge is 0.326 e. The number of carbonyl (C=O) groups excluding carboxylic acids is 1. The third kappa shape index (κ3) is 36.4. The van der Waals surface area contributed by atoms with Gasteiger partial charge in [-0.25, -0.2) is 4.79 Å². The minimum absolute atomic E-state index is 0.148. The Labute approximate surface area is 472 Å². The number of aromatic amines is 1. The first-order chi connectivity index (χ1) is 37.5. The van der Waals surface area contributed by atoms with Crippen molar-refractivity contribution in [2.75, 3.05) is 45.8 Å². The summed E-state index contributed by atoms with van der Waals surface area (Å²) in [6.45, 7) is 12.0. The van der Waals surface area contributed by atoms with Crippen molar-refractivity contribution >= 4 is 22.8 Å². The van der Waals surface area contributed by atoms with Crippen molar-refractivity contribution in [3.05, 3.63) is 36.0 Å². The van der Waals surface area contributed by atoms with Crippen molar-refractivity contribution in [2.24, 2.45) is 0 Å². The van der Waals surface area contributed by atoms with E-state index in [1.54, 1.807) is 4.90 Å². The van der Waals surface area contributed by atoms with Crippen LogP contribution >= 0.6 is 0 Å². The second-order valence-electron chi connectivity index (χ2n) is 23.7. The maximum absolute atomic E-state index is 14.6. The summed E-state index contributed by atoms with van der Waals surface area (Å²) in [5.74, 6) is -1.26. The highest BCUT2D eigenvalue weighted by molar-refractivity contribution is 5.86. The lowest BCUT2D eigenvalue weighted by atomic mass is 10.0. The molecule has 2 aromatic rings. The number of aliphatic carboxylic acids is 1. The number of para-hydroxylation sites is 1. The molecule has 4 unspecified atom stereocenters. The predicted molar refractivity (Wildman–Crippen MR) is 325 cm³/mol. The Bertz CT molecular complexity index is 1600. The molecule has 1 aromatic carbocycles. The van der Waals surface area contributed by atoms with Gasteiger partial charge in [-0.05, 0) is 56.7 Å². The van der Waals surface area contributed by atoms with Crippen LogP contribution in [-0.4, -0.2) is 133 Å². The minimum atomic E-state index is -1.09. The van der Waals surface area contributed by atoms with Crippen molar-refractivity contribution in [2.45, 2.75) is 315 Å². The van der Waals surface area contributed by atoms with E-state index in [1.807, 2.05) is 30.5 Å². The van der Waals surface area contributed by atoms with E-state index in [0.29, 0.717) is 77.8 Å². The van der Waals surface area contributed by atoms with Crippen LogP contribution in [0.2, 0.25) is 0 Å². The number of benzene rings is 1. The molecule has 448 valence electrons. The summed E-state index contributed by atoms with van der Waals surface area (Å²) in [5.41, 5.74) is 1.77. The maximum Gasteiger partial charge on any atom is 0.326 e. The van der Waals surface area contributed by atoms with Crippen LogP contribution in [0.4, 0.5) is 0 Å². The van der Waals surface area contributed by atoms with Gasteiger partial charge in [0, 0.05) is 69.2 Å². The average Bonchev–Trinajstić information content (AvgIpc) is 3.82. The van der Waals surface area contributed by atoms with Crippen LogP contribution in [0, 0.1) is 0 Å². The molecule has 1 aromatic heterocycles. The molecule has 0 saturated heterocycles. The summed E-state index contributed by atoms with van der Waals surface area (Å²) in [6, 6.07) is 6.77. The van der Waals surface area contributed by atoms with Crippen LogP contribution in [0.5, 0.6) is 0 Å². The Morgan fingerprint density at radius 3 is 1.14 bits per heavy atom. The number of aliphatic hydroxyl groups excluding tert-OH is 4. The molecule has 0 spiro atoms. The molecule has 2 rings (SSSR count). The zero-order valence-corrected chi connectivity index (χ0v) is 50.4. The Hall–Kier alpha value is -2.54.